The summed E-state index contributed by atoms with van der Waals surface area (Å²) in [5, 5.41) is 0.906. The molecule has 3 aromatic rings. The van der Waals surface area contributed by atoms with Gasteiger partial charge >= 0.3 is 0 Å². The lowest BCUT2D eigenvalue weighted by Crippen LogP contribution is -2.11. The highest BCUT2D eigenvalue weighted by Gasteiger charge is 2.21. The average molecular weight is 390 g/mol. The predicted molar refractivity (Wildman–Crippen MR) is 97.3 cm³/mol. The third-order valence-corrected chi connectivity index (χ3v) is 6.11. The van der Waals surface area contributed by atoms with Crippen LogP contribution in [0, 0.1) is 6.92 Å². The van der Waals surface area contributed by atoms with Crippen molar-refractivity contribution in [3.63, 3.8) is 0 Å². The smallest absolute Gasteiger partial charge is 0.241 e. The molecule has 0 radical (unpaired) electrons. The van der Waals surface area contributed by atoms with Crippen LogP contribution in [0.25, 0.3) is 10.9 Å². The number of aryl methyl sites for hydroxylation is 1. The Morgan fingerprint density at radius 2 is 1.87 bits per heavy atom. The van der Waals surface area contributed by atoms with Gasteiger partial charge in [-0.05, 0) is 43.2 Å². The number of aromatic nitrogens is 1. The third kappa shape index (κ3) is 2.75. The fourth-order valence-electron chi connectivity index (χ4n) is 2.62. The van der Waals surface area contributed by atoms with E-state index in [2.05, 4.69) is 22.5 Å². The number of benzene rings is 2. The average Bonchev–Trinajstić information content (AvgIpc) is 2.89. The van der Waals surface area contributed by atoms with Crippen LogP contribution in [0.15, 0.2) is 70.7 Å². The second-order valence-corrected chi connectivity index (χ2v) is 8.06. The van der Waals surface area contributed by atoms with E-state index in [1.54, 1.807) is 36.5 Å². The van der Waals surface area contributed by atoms with E-state index in [4.69, 9.17) is 0 Å². The summed E-state index contributed by atoms with van der Waals surface area (Å²) >= 11 is 3.52. The summed E-state index contributed by atoms with van der Waals surface area (Å²) in [7, 11) is -3.64. The van der Waals surface area contributed by atoms with Gasteiger partial charge in [0.05, 0.1) is 10.4 Å². The van der Waals surface area contributed by atoms with Crippen LogP contribution in [0.1, 0.15) is 11.1 Å². The number of hydrogen-bond acceptors (Lipinski definition) is 2. The number of hydrogen-bond donors (Lipinski definition) is 0. The van der Waals surface area contributed by atoms with Crippen molar-refractivity contribution in [3.8, 4) is 0 Å². The van der Waals surface area contributed by atoms with Gasteiger partial charge in [0, 0.05) is 16.1 Å². The summed E-state index contributed by atoms with van der Waals surface area (Å²) < 4.78 is 28.3. The van der Waals surface area contributed by atoms with E-state index in [1.165, 1.54) is 3.97 Å². The molecule has 0 aliphatic heterocycles. The lowest BCUT2D eigenvalue weighted by atomic mass is 10.1. The predicted octanol–water partition coefficient (Wildman–Crippen LogP) is 4.68. The maximum absolute atomic E-state index is 13.0. The number of fused-ring (bicyclic) bond motifs is 1. The minimum absolute atomic E-state index is 0.283. The van der Waals surface area contributed by atoms with E-state index in [9.17, 15) is 8.42 Å². The first-order valence-corrected chi connectivity index (χ1v) is 9.40. The molecular weight excluding hydrogens is 374 g/mol. The minimum atomic E-state index is -3.64. The van der Waals surface area contributed by atoms with Gasteiger partial charge in [0.15, 0.2) is 0 Å². The van der Waals surface area contributed by atoms with Gasteiger partial charge in [0.2, 0.25) is 0 Å². The van der Waals surface area contributed by atoms with E-state index in [-0.39, 0.29) is 4.90 Å². The zero-order valence-electron chi connectivity index (χ0n) is 12.7. The standard InChI is InChI=1S/C18H16BrNO2S/c1-3-5-14-12-20(17-7-4-6-16(19)18(14)17)23(21,22)15-10-8-13(2)9-11-15/h3-4,6-12H,1,5H2,2H3. The van der Waals surface area contributed by atoms with Crippen molar-refractivity contribution in [1.82, 2.24) is 3.97 Å². The van der Waals surface area contributed by atoms with Gasteiger partial charge in [-0.3, -0.25) is 0 Å². The van der Waals surface area contributed by atoms with E-state index in [0.29, 0.717) is 11.9 Å². The molecule has 0 bridgehead atoms. The number of halogens is 1. The maximum atomic E-state index is 13.0. The van der Waals surface area contributed by atoms with Crippen molar-refractivity contribution in [2.24, 2.45) is 0 Å². The maximum Gasteiger partial charge on any atom is 0.268 e. The molecule has 0 aliphatic carbocycles. The first kappa shape index (κ1) is 16.0. The SMILES string of the molecule is C=CCc1cn(S(=O)(=O)c2ccc(C)cc2)c2cccc(Br)c12. The molecule has 23 heavy (non-hydrogen) atoms. The summed E-state index contributed by atoms with van der Waals surface area (Å²) in [6.45, 7) is 5.69. The molecule has 2 aromatic carbocycles. The van der Waals surface area contributed by atoms with Crippen LogP contribution >= 0.6 is 15.9 Å². The molecule has 1 aromatic heterocycles. The zero-order valence-corrected chi connectivity index (χ0v) is 15.1. The van der Waals surface area contributed by atoms with Crippen molar-refractivity contribution in [2.75, 3.05) is 0 Å². The second kappa shape index (κ2) is 5.98. The fourth-order valence-corrected chi connectivity index (χ4v) is 4.62. The van der Waals surface area contributed by atoms with E-state index < -0.39 is 10.0 Å². The van der Waals surface area contributed by atoms with Gasteiger partial charge in [-0.15, -0.1) is 6.58 Å². The van der Waals surface area contributed by atoms with Crippen LogP contribution in [-0.4, -0.2) is 12.4 Å². The van der Waals surface area contributed by atoms with E-state index in [1.807, 2.05) is 25.1 Å². The molecule has 3 nitrogen and oxygen atoms in total. The van der Waals surface area contributed by atoms with Gasteiger partial charge in [-0.25, -0.2) is 12.4 Å². The molecule has 0 aliphatic rings. The molecule has 0 saturated carbocycles. The third-order valence-electron chi connectivity index (χ3n) is 3.77. The Morgan fingerprint density at radius 3 is 2.52 bits per heavy atom. The zero-order chi connectivity index (χ0) is 16.6. The Bertz CT molecular complexity index is 986. The van der Waals surface area contributed by atoms with Crippen LogP contribution in [0.3, 0.4) is 0 Å². The summed E-state index contributed by atoms with van der Waals surface area (Å²) in [5.41, 5.74) is 2.62. The van der Waals surface area contributed by atoms with Crippen molar-refractivity contribution in [2.45, 2.75) is 18.2 Å². The van der Waals surface area contributed by atoms with E-state index >= 15 is 0 Å². The van der Waals surface area contributed by atoms with Crippen LogP contribution in [0.2, 0.25) is 0 Å². The Balaban J connectivity index is 2.29. The molecule has 0 atom stereocenters. The fraction of sp³-hybridized carbons (Fsp3) is 0.111. The summed E-state index contributed by atoms with van der Waals surface area (Å²) in [6, 6.07) is 12.5. The molecule has 0 spiro atoms. The molecule has 0 unspecified atom stereocenters. The molecule has 0 amide bonds. The summed E-state index contributed by atoms with van der Waals surface area (Å²) in [6.07, 6.45) is 4.07. The highest BCUT2D eigenvalue weighted by Crippen LogP contribution is 2.32. The van der Waals surface area contributed by atoms with Crippen LogP contribution in [0.5, 0.6) is 0 Å². The molecule has 1 heterocycles. The Morgan fingerprint density at radius 1 is 1.17 bits per heavy atom. The van der Waals surface area contributed by atoms with Gasteiger partial charge in [-0.2, -0.15) is 0 Å². The Labute approximate surface area is 144 Å². The lowest BCUT2D eigenvalue weighted by Gasteiger charge is -2.08. The van der Waals surface area contributed by atoms with Crippen molar-refractivity contribution >= 4 is 36.9 Å². The summed E-state index contributed by atoms with van der Waals surface area (Å²) in [4.78, 5) is 0.283. The monoisotopic (exact) mass is 389 g/mol. The van der Waals surface area contributed by atoms with Gasteiger partial charge in [-0.1, -0.05) is 45.8 Å². The minimum Gasteiger partial charge on any atom is -0.241 e. The number of rotatable bonds is 4. The second-order valence-electron chi connectivity index (χ2n) is 5.40. The van der Waals surface area contributed by atoms with Gasteiger partial charge in [0.25, 0.3) is 10.0 Å². The van der Waals surface area contributed by atoms with Crippen molar-refractivity contribution in [1.29, 1.82) is 0 Å². The normalized spacial score (nSPS) is 11.7. The quantitative estimate of drug-likeness (QED) is 0.607. The van der Waals surface area contributed by atoms with Crippen molar-refractivity contribution in [3.05, 3.63) is 76.9 Å². The Hall–Kier alpha value is -1.85. The van der Waals surface area contributed by atoms with Crippen LogP contribution in [0.4, 0.5) is 0 Å². The first-order chi connectivity index (χ1) is 10.9. The van der Waals surface area contributed by atoms with E-state index in [0.717, 1.165) is 21.0 Å². The highest BCUT2D eigenvalue weighted by atomic mass is 79.9. The molecule has 5 heteroatoms. The van der Waals surface area contributed by atoms with Crippen molar-refractivity contribution < 1.29 is 8.42 Å². The molecule has 3 rings (SSSR count). The van der Waals surface area contributed by atoms with Crippen LogP contribution in [-0.2, 0) is 16.4 Å². The largest absolute Gasteiger partial charge is 0.268 e. The number of nitrogens with zero attached hydrogens (tertiary/aromatic N) is 1. The Kier molecular flexibility index (Phi) is 4.17. The number of allylic oxidation sites excluding steroid dienone is 1. The van der Waals surface area contributed by atoms with Crippen LogP contribution < -0.4 is 0 Å². The molecule has 118 valence electrons. The molecule has 0 N–H and O–H groups in total. The van der Waals surface area contributed by atoms with Gasteiger partial charge in [0.1, 0.15) is 0 Å². The molecule has 0 fully saturated rings. The molecule has 0 saturated heterocycles. The molecular formula is C18H16BrNO2S. The lowest BCUT2D eigenvalue weighted by molar-refractivity contribution is 0.589. The highest BCUT2D eigenvalue weighted by molar-refractivity contribution is 9.10. The topological polar surface area (TPSA) is 39.1 Å². The first-order valence-electron chi connectivity index (χ1n) is 7.16. The van der Waals surface area contributed by atoms with Gasteiger partial charge < -0.3 is 0 Å². The summed E-state index contributed by atoms with van der Waals surface area (Å²) in [5.74, 6) is 0.